The van der Waals surface area contributed by atoms with E-state index in [9.17, 15) is 0 Å². The van der Waals surface area contributed by atoms with Crippen LogP contribution in [0.1, 0.15) is 42.4 Å². The van der Waals surface area contributed by atoms with Crippen LogP contribution in [0.25, 0.3) is 0 Å². The van der Waals surface area contributed by atoms with Gasteiger partial charge >= 0.3 is 192 Å². The van der Waals surface area contributed by atoms with E-state index in [2.05, 4.69) is 59.8 Å². The first-order valence-corrected chi connectivity index (χ1v) is 17.2. The molecule has 0 aromatic heterocycles. The van der Waals surface area contributed by atoms with Crippen molar-refractivity contribution in [1.29, 1.82) is 0 Å². The monoisotopic (exact) mass is 686 g/mol. The molecule has 26 heavy (non-hydrogen) atoms. The summed E-state index contributed by atoms with van der Waals surface area (Å²) in [5.41, 5.74) is 5.86. The van der Waals surface area contributed by atoms with E-state index in [4.69, 9.17) is 0 Å². The van der Waals surface area contributed by atoms with Crippen LogP contribution in [0.15, 0.2) is 50.2 Å². The molecule has 3 rings (SSSR count). The van der Waals surface area contributed by atoms with Gasteiger partial charge in [-0.2, -0.15) is 0 Å². The molecular formula is C23H29I3-2. The van der Waals surface area contributed by atoms with Crippen LogP contribution >= 0.6 is 20.7 Å². The van der Waals surface area contributed by atoms with Crippen molar-refractivity contribution in [1.82, 2.24) is 0 Å². The summed E-state index contributed by atoms with van der Waals surface area (Å²) in [7, 11) is 0. The molecule has 0 bridgehead atoms. The van der Waals surface area contributed by atoms with Crippen molar-refractivity contribution in [3.63, 3.8) is 0 Å². The van der Waals surface area contributed by atoms with Gasteiger partial charge in [-0.1, -0.05) is 0 Å². The second-order valence-corrected chi connectivity index (χ2v) is 17.6. The molecule has 1 aliphatic heterocycles. The van der Waals surface area contributed by atoms with Gasteiger partial charge < -0.3 is 0 Å². The third-order valence-electron chi connectivity index (χ3n) is 5.32. The number of allylic oxidation sites excluding steroid dienone is 4. The summed E-state index contributed by atoms with van der Waals surface area (Å²) in [6.45, 7) is 8.96. The van der Waals surface area contributed by atoms with Gasteiger partial charge in [0.15, 0.2) is 0 Å². The van der Waals surface area contributed by atoms with Gasteiger partial charge in [0.1, 0.15) is 0 Å². The summed E-state index contributed by atoms with van der Waals surface area (Å²) in [5, 5.41) is 0. The first-order chi connectivity index (χ1) is 12.6. The minimum atomic E-state index is 0.0700. The van der Waals surface area contributed by atoms with Crippen LogP contribution < -0.4 is 42.4 Å². The molecule has 1 heterocycles. The molecule has 0 amide bonds. The Morgan fingerprint density at radius 3 is 2.69 bits per heavy atom. The van der Waals surface area contributed by atoms with E-state index in [0.717, 1.165) is 9.84 Å². The van der Waals surface area contributed by atoms with Crippen LogP contribution in [0.4, 0.5) is 0 Å². The third-order valence-corrected chi connectivity index (χ3v) is 15.8. The predicted octanol–water partition coefficient (Wildman–Crippen LogP) is 0.281. The molecule has 1 aromatic carbocycles. The van der Waals surface area contributed by atoms with Crippen LogP contribution in [0, 0.1) is 19.8 Å². The minimum absolute atomic E-state index is 0.0700. The zero-order valence-corrected chi connectivity index (χ0v) is 22.5. The molecule has 1 aromatic rings. The SMILES string of the molecule is C=C([I-]C1=IC=C(CCc2ccc(C)c(C)c2)C=C1)C1CCCC1[I-]C. The number of benzene rings is 1. The van der Waals surface area contributed by atoms with Gasteiger partial charge in [-0.25, -0.2) is 0 Å². The van der Waals surface area contributed by atoms with E-state index in [-0.39, 0.29) is 41.9 Å². The summed E-state index contributed by atoms with van der Waals surface area (Å²) in [5.74, 6) is 0.890. The molecule has 1 saturated carbocycles. The molecule has 144 valence electrons. The molecule has 0 spiro atoms. The summed E-state index contributed by atoms with van der Waals surface area (Å²) >= 11 is 0.573. The van der Waals surface area contributed by atoms with Gasteiger partial charge in [-0.15, -0.1) is 0 Å². The van der Waals surface area contributed by atoms with Gasteiger partial charge in [0.25, 0.3) is 0 Å². The Kier molecular flexibility index (Phi) is 8.43. The van der Waals surface area contributed by atoms with Crippen LogP contribution in [0.5, 0.6) is 0 Å². The van der Waals surface area contributed by atoms with Gasteiger partial charge in [-0.05, 0) is 0 Å². The van der Waals surface area contributed by atoms with Crippen LogP contribution in [-0.4, -0.2) is 10.4 Å². The predicted molar refractivity (Wildman–Crippen MR) is 117 cm³/mol. The standard InChI is InChI=1S/C23H29I3/c1-16-8-9-19(14-17(16)2)10-11-20-12-13-23(25-15-20)26-18(3)21-6-5-7-22(21)24-4/h8-9,12-15,21-22H,3,5-7,10-11H2,1-2,4H3/q-2. The van der Waals surface area contributed by atoms with E-state index in [0.29, 0.717) is 21.2 Å². The second-order valence-electron chi connectivity index (χ2n) is 7.15. The number of hydrogen-bond acceptors (Lipinski definition) is 0. The van der Waals surface area contributed by atoms with Crippen LogP contribution in [-0.2, 0) is 6.42 Å². The molecular weight excluding hydrogens is 657 g/mol. The molecule has 0 radical (unpaired) electrons. The van der Waals surface area contributed by atoms with Crippen LogP contribution in [0.3, 0.4) is 0 Å². The Balaban J connectivity index is 1.53. The van der Waals surface area contributed by atoms with E-state index < -0.39 is 0 Å². The number of aryl methyl sites for hydroxylation is 3. The average Bonchev–Trinajstić information content (AvgIpc) is 3.13. The number of hydrogen-bond donors (Lipinski definition) is 0. The summed E-state index contributed by atoms with van der Waals surface area (Å²) in [6, 6.07) is 6.92. The van der Waals surface area contributed by atoms with Crippen molar-refractivity contribution in [3.05, 3.63) is 66.9 Å². The van der Waals surface area contributed by atoms with Crippen LogP contribution in [0.2, 0.25) is 0 Å². The summed E-state index contributed by atoms with van der Waals surface area (Å²) in [4.78, 5) is 2.47. The fourth-order valence-corrected chi connectivity index (χ4v) is 14.2. The molecule has 3 heteroatoms. The van der Waals surface area contributed by atoms with Crippen molar-refractivity contribution in [2.45, 2.75) is 49.9 Å². The number of rotatable bonds is 7. The Morgan fingerprint density at radius 1 is 1.15 bits per heavy atom. The Bertz CT molecular complexity index is 755. The summed E-state index contributed by atoms with van der Waals surface area (Å²) in [6.07, 6.45) is 11.6. The van der Waals surface area contributed by atoms with Crippen molar-refractivity contribution in [2.24, 2.45) is 5.92 Å². The first-order valence-electron chi connectivity index (χ1n) is 9.32. The zero-order chi connectivity index (χ0) is 18.5. The van der Waals surface area contributed by atoms with Crippen molar-refractivity contribution < 1.29 is 42.4 Å². The maximum absolute atomic E-state index is 4.55. The molecule has 1 aliphatic carbocycles. The Morgan fingerprint density at radius 2 is 2.00 bits per heavy atom. The van der Waals surface area contributed by atoms with E-state index in [1.54, 1.807) is 10.7 Å². The molecule has 2 atom stereocenters. The van der Waals surface area contributed by atoms with Crippen molar-refractivity contribution >= 4 is 22.2 Å². The maximum atomic E-state index is 4.55. The quantitative estimate of drug-likeness (QED) is 0.286. The fourth-order valence-electron chi connectivity index (χ4n) is 3.52. The summed E-state index contributed by atoms with van der Waals surface area (Å²) < 4.78 is 7.05. The third kappa shape index (κ3) is 5.75. The van der Waals surface area contributed by atoms with Crippen molar-refractivity contribution in [3.8, 4) is 0 Å². The molecule has 0 saturated heterocycles. The molecule has 2 aliphatic rings. The Hall–Kier alpha value is 0.500. The second kappa shape index (κ2) is 10.3. The molecule has 2 unspecified atom stereocenters. The first kappa shape index (κ1) is 21.2. The number of halogens is 3. The van der Waals surface area contributed by atoms with Gasteiger partial charge in [0.2, 0.25) is 0 Å². The zero-order valence-electron chi connectivity index (χ0n) is 16.0. The van der Waals surface area contributed by atoms with Gasteiger partial charge in [0, 0.05) is 0 Å². The molecule has 0 N–H and O–H groups in total. The normalized spacial score (nSPS) is 22.9. The van der Waals surface area contributed by atoms with Crippen molar-refractivity contribution in [2.75, 3.05) is 4.93 Å². The van der Waals surface area contributed by atoms with Gasteiger partial charge in [0.05, 0.1) is 0 Å². The topological polar surface area (TPSA) is 0 Å². The number of alkyl halides is 2. The molecule has 1 fully saturated rings. The van der Waals surface area contributed by atoms with E-state index >= 15 is 0 Å². The van der Waals surface area contributed by atoms with E-state index in [1.165, 1.54) is 48.8 Å². The van der Waals surface area contributed by atoms with Gasteiger partial charge in [-0.3, -0.25) is 0 Å². The fraction of sp³-hybridized carbons (Fsp3) is 0.435. The average molecular weight is 686 g/mol. The van der Waals surface area contributed by atoms with E-state index in [1.807, 2.05) is 0 Å². The Labute approximate surface area is 190 Å². The molecule has 0 nitrogen and oxygen atoms in total.